The quantitative estimate of drug-likeness (QED) is 0.259. The normalized spacial score (nSPS) is 20.9. The first-order valence-electron chi connectivity index (χ1n) is 13.1. The average molecular weight is 460 g/mol. The summed E-state index contributed by atoms with van der Waals surface area (Å²) < 4.78 is 7.53. The highest BCUT2D eigenvalue weighted by atomic mass is 16.5. The van der Waals surface area contributed by atoms with Gasteiger partial charge < -0.3 is 15.5 Å². The summed E-state index contributed by atoms with van der Waals surface area (Å²) in [7, 11) is 0. The fourth-order valence-corrected chi connectivity index (χ4v) is 5.83. The number of unbranched alkanes of at least 4 members (excludes halogenated alkanes) is 2. The van der Waals surface area contributed by atoms with E-state index in [1.54, 1.807) is 4.68 Å². The molecule has 5 nitrogen and oxygen atoms in total. The fourth-order valence-electron chi connectivity index (χ4n) is 5.83. The molecule has 3 aromatic rings. The molecule has 0 radical (unpaired) electrons. The van der Waals surface area contributed by atoms with Gasteiger partial charge in [-0.25, -0.2) is 0 Å². The van der Waals surface area contributed by atoms with Crippen LogP contribution in [0.5, 0.6) is 5.75 Å². The van der Waals surface area contributed by atoms with Crippen LogP contribution in [0, 0.1) is 0 Å². The van der Waals surface area contributed by atoms with Gasteiger partial charge in [0.05, 0.1) is 12.1 Å². The highest BCUT2D eigenvalue weighted by molar-refractivity contribution is 6.10. The standard InChI is InChI=1S/C29H37N3O2/c1-2-3-6-17-34-25-11-8-21(9-12-25)29(33)23-10-13-28-26(19-23)27(20-32(28)30)22-14-16-31-15-5-4-7-24(31)18-22/h8-13,19-20,22,24H,2-7,14-18,30H2,1H3. The third-order valence-electron chi connectivity index (χ3n) is 7.77. The number of hydrogen-bond donors (Lipinski definition) is 1. The molecule has 3 heterocycles. The molecule has 5 rings (SSSR count). The number of nitrogen functional groups attached to an aromatic ring is 1. The second-order valence-electron chi connectivity index (χ2n) is 10.0. The van der Waals surface area contributed by atoms with Gasteiger partial charge in [-0.3, -0.25) is 9.47 Å². The van der Waals surface area contributed by atoms with E-state index in [0.29, 0.717) is 23.1 Å². The molecule has 2 atom stereocenters. The van der Waals surface area contributed by atoms with Crippen LogP contribution in [-0.4, -0.2) is 41.1 Å². The van der Waals surface area contributed by atoms with Crippen LogP contribution in [0.4, 0.5) is 0 Å². The maximum absolute atomic E-state index is 13.3. The number of aromatic nitrogens is 1. The molecule has 0 amide bonds. The van der Waals surface area contributed by atoms with E-state index in [1.807, 2.05) is 36.4 Å². The molecule has 34 heavy (non-hydrogen) atoms. The zero-order chi connectivity index (χ0) is 23.5. The minimum Gasteiger partial charge on any atom is -0.494 e. The van der Waals surface area contributed by atoms with Crippen LogP contribution in [0.15, 0.2) is 48.7 Å². The third kappa shape index (κ3) is 4.72. The lowest BCUT2D eigenvalue weighted by Crippen LogP contribution is -2.44. The lowest BCUT2D eigenvalue weighted by molar-refractivity contribution is 0.0977. The third-order valence-corrected chi connectivity index (χ3v) is 7.77. The zero-order valence-electron chi connectivity index (χ0n) is 20.3. The second kappa shape index (κ2) is 10.2. The van der Waals surface area contributed by atoms with Crippen LogP contribution in [0.2, 0.25) is 0 Å². The van der Waals surface area contributed by atoms with Crippen molar-refractivity contribution in [1.29, 1.82) is 0 Å². The molecular weight excluding hydrogens is 422 g/mol. The number of ketones is 1. The van der Waals surface area contributed by atoms with Crippen LogP contribution in [0.25, 0.3) is 10.9 Å². The summed E-state index contributed by atoms with van der Waals surface area (Å²) in [5.74, 6) is 7.69. The van der Waals surface area contributed by atoms with Crippen LogP contribution >= 0.6 is 0 Å². The number of ether oxygens (including phenoxy) is 1. The largest absolute Gasteiger partial charge is 0.494 e. The highest BCUT2D eigenvalue weighted by Gasteiger charge is 2.32. The van der Waals surface area contributed by atoms with E-state index in [0.717, 1.165) is 42.6 Å². The Morgan fingerprint density at radius 1 is 1.03 bits per heavy atom. The van der Waals surface area contributed by atoms with Crippen molar-refractivity contribution in [2.75, 3.05) is 25.5 Å². The summed E-state index contributed by atoms with van der Waals surface area (Å²) in [4.78, 5) is 16.0. The number of piperidine rings is 2. The molecule has 0 saturated carbocycles. The van der Waals surface area contributed by atoms with Gasteiger partial charge in [-0.1, -0.05) is 26.2 Å². The summed E-state index contributed by atoms with van der Waals surface area (Å²) >= 11 is 0. The molecule has 2 saturated heterocycles. The minimum atomic E-state index is 0.0391. The topological polar surface area (TPSA) is 60.5 Å². The number of nitrogens with zero attached hydrogens (tertiary/aromatic N) is 2. The van der Waals surface area contributed by atoms with Crippen molar-refractivity contribution in [2.24, 2.45) is 0 Å². The Labute approximate surface area is 202 Å². The van der Waals surface area contributed by atoms with E-state index in [4.69, 9.17) is 10.6 Å². The van der Waals surface area contributed by atoms with Crippen molar-refractivity contribution in [2.45, 2.75) is 70.3 Å². The molecule has 5 heteroatoms. The van der Waals surface area contributed by atoms with E-state index in [1.165, 1.54) is 50.6 Å². The molecule has 0 aliphatic carbocycles. The molecule has 2 aliphatic rings. The molecule has 0 spiro atoms. The molecule has 2 fully saturated rings. The highest BCUT2D eigenvalue weighted by Crippen LogP contribution is 2.39. The summed E-state index contributed by atoms with van der Waals surface area (Å²) in [5, 5.41) is 1.12. The van der Waals surface area contributed by atoms with Gasteiger partial charge in [-0.2, -0.15) is 0 Å². The van der Waals surface area contributed by atoms with Gasteiger partial charge in [0.15, 0.2) is 5.78 Å². The Balaban J connectivity index is 1.35. The number of fused-ring (bicyclic) bond motifs is 2. The van der Waals surface area contributed by atoms with Gasteiger partial charge in [0.2, 0.25) is 0 Å². The van der Waals surface area contributed by atoms with Crippen molar-refractivity contribution in [1.82, 2.24) is 9.58 Å². The van der Waals surface area contributed by atoms with E-state index in [-0.39, 0.29) is 5.78 Å². The predicted octanol–water partition coefficient (Wildman–Crippen LogP) is 5.89. The summed E-state index contributed by atoms with van der Waals surface area (Å²) in [6, 6.07) is 14.2. The molecule has 2 unspecified atom stereocenters. The SMILES string of the molecule is CCCCCOc1ccc(C(=O)c2ccc3c(c2)c(C2CCN4CCCCC4C2)cn3N)cc1. The first-order chi connectivity index (χ1) is 16.6. The maximum atomic E-state index is 13.3. The van der Waals surface area contributed by atoms with E-state index in [9.17, 15) is 4.79 Å². The average Bonchev–Trinajstić information content (AvgIpc) is 3.22. The maximum Gasteiger partial charge on any atom is 0.193 e. The zero-order valence-corrected chi connectivity index (χ0v) is 20.3. The van der Waals surface area contributed by atoms with Gasteiger partial charge in [-0.15, -0.1) is 0 Å². The van der Waals surface area contributed by atoms with Gasteiger partial charge in [0, 0.05) is 28.8 Å². The number of rotatable bonds is 8. The van der Waals surface area contributed by atoms with Crippen molar-refractivity contribution in [3.63, 3.8) is 0 Å². The van der Waals surface area contributed by atoms with Gasteiger partial charge >= 0.3 is 0 Å². The van der Waals surface area contributed by atoms with Gasteiger partial charge in [0.1, 0.15) is 5.75 Å². The number of carbonyl (C=O) groups excluding carboxylic acids is 1. The summed E-state index contributed by atoms with van der Waals surface area (Å²) in [5.41, 5.74) is 3.69. The lowest BCUT2D eigenvalue weighted by atomic mass is 9.82. The number of benzene rings is 2. The van der Waals surface area contributed by atoms with Crippen LogP contribution in [0.3, 0.4) is 0 Å². The predicted molar refractivity (Wildman–Crippen MR) is 138 cm³/mol. The van der Waals surface area contributed by atoms with Crippen LogP contribution < -0.4 is 10.6 Å². The molecule has 2 aromatic carbocycles. The summed E-state index contributed by atoms with van der Waals surface area (Å²) in [6.45, 7) is 5.31. The van der Waals surface area contributed by atoms with Gasteiger partial charge in [0.25, 0.3) is 0 Å². The number of carbonyl (C=O) groups is 1. The molecule has 0 bridgehead atoms. The van der Waals surface area contributed by atoms with Crippen molar-refractivity contribution >= 4 is 16.7 Å². The number of nitrogens with two attached hydrogens (primary N) is 1. The molecular formula is C29H37N3O2. The Bertz CT molecular complexity index is 1130. The molecule has 180 valence electrons. The van der Waals surface area contributed by atoms with E-state index < -0.39 is 0 Å². The monoisotopic (exact) mass is 459 g/mol. The Hall–Kier alpha value is -2.79. The number of hydrogen-bond acceptors (Lipinski definition) is 4. The van der Waals surface area contributed by atoms with Crippen molar-refractivity contribution in [3.8, 4) is 5.75 Å². The first-order valence-corrected chi connectivity index (χ1v) is 13.1. The van der Waals surface area contributed by atoms with E-state index in [2.05, 4.69) is 24.1 Å². The smallest absolute Gasteiger partial charge is 0.193 e. The molecule has 2 aliphatic heterocycles. The van der Waals surface area contributed by atoms with Crippen molar-refractivity contribution < 1.29 is 9.53 Å². The van der Waals surface area contributed by atoms with Crippen LogP contribution in [0.1, 0.15) is 85.7 Å². The van der Waals surface area contributed by atoms with Gasteiger partial charge in [-0.05, 0) is 99.1 Å². The second-order valence-corrected chi connectivity index (χ2v) is 10.0. The molecule has 2 N–H and O–H groups in total. The Kier molecular flexibility index (Phi) is 6.91. The first kappa shape index (κ1) is 23.0. The fraction of sp³-hybridized carbons (Fsp3) is 0.483. The van der Waals surface area contributed by atoms with E-state index >= 15 is 0 Å². The Morgan fingerprint density at radius 2 is 1.85 bits per heavy atom. The lowest BCUT2D eigenvalue weighted by Gasteiger charge is -2.42. The minimum absolute atomic E-state index is 0.0391. The van der Waals surface area contributed by atoms with Crippen LogP contribution in [-0.2, 0) is 0 Å². The van der Waals surface area contributed by atoms with Crippen molar-refractivity contribution in [3.05, 3.63) is 65.4 Å². The molecule has 1 aromatic heterocycles. The summed E-state index contributed by atoms with van der Waals surface area (Å²) in [6.07, 6.45) is 11.8. The Morgan fingerprint density at radius 3 is 2.68 bits per heavy atom.